The van der Waals surface area contributed by atoms with Gasteiger partial charge in [-0.15, -0.1) is 0 Å². The highest BCUT2D eigenvalue weighted by molar-refractivity contribution is 7.71. The van der Waals surface area contributed by atoms with Gasteiger partial charge >= 0.3 is 0 Å². The Morgan fingerprint density at radius 3 is 2.48 bits per heavy atom. The second kappa shape index (κ2) is 8.64. The van der Waals surface area contributed by atoms with Gasteiger partial charge in [0.15, 0.2) is 4.77 Å². The topological polar surface area (TPSA) is 71.9 Å². The van der Waals surface area contributed by atoms with Gasteiger partial charge in [-0.1, -0.05) is 18.2 Å². The number of aromatic amines is 1. The number of carbonyl (C=O) groups is 1. The van der Waals surface area contributed by atoms with Gasteiger partial charge in [0.1, 0.15) is 17.3 Å². The third kappa shape index (κ3) is 4.83. The molecule has 6 nitrogen and oxygen atoms in total. The van der Waals surface area contributed by atoms with Gasteiger partial charge in [0.05, 0.1) is 0 Å². The van der Waals surface area contributed by atoms with Crippen LogP contribution in [-0.2, 0) is 6.42 Å². The number of benzene rings is 2. The molecule has 1 amide bonds. The molecule has 2 N–H and O–H groups in total. The maximum Gasteiger partial charge on any atom is 0.251 e. The number of hydrogen-bond donors (Lipinski definition) is 2. The van der Waals surface area contributed by atoms with Crippen LogP contribution in [0.1, 0.15) is 36.1 Å². The zero-order valence-electron chi connectivity index (χ0n) is 15.3. The van der Waals surface area contributed by atoms with Gasteiger partial charge in [0.2, 0.25) is 0 Å². The number of H-pyrrole nitrogens is 1. The molecule has 3 aromatic rings. The molecule has 1 heterocycles. The third-order valence-electron chi connectivity index (χ3n) is 4.02. The van der Waals surface area contributed by atoms with Crippen molar-refractivity contribution < 1.29 is 9.53 Å². The van der Waals surface area contributed by atoms with E-state index in [0.717, 1.165) is 11.6 Å². The minimum absolute atomic E-state index is 0.133. The van der Waals surface area contributed by atoms with E-state index >= 15 is 0 Å². The molecule has 140 valence electrons. The van der Waals surface area contributed by atoms with Crippen LogP contribution in [-0.4, -0.2) is 27.2 Å². The van der Waals surface area contributed by atoms with Gasteiger partial charge in [-0.2, -0.15) is 5.10 Å². The van der Waals surface area contributed by atoms with E-state index in [1.54, 1.807) is 24.3 Å². The van der Waals surface area contributed by atoms with E-state index in [9.17, 15) is 4.79 Å². The number of hydrogen-bond acceptors (Lipinski definition) is 4. The molecule has 0 saturated carbocycles. The summed E-state index contributed by atoms with van der Waals surface area (Å²) < 4.78 is 8.29. The summed E-state index contributed by atoms with van der Waals surface area (Å²) in [6.45, 7) is 4.58. The zero-order valence-corrected chi connectivity index (χ0v) is 16.1. The molecule has 0 spiro atoms. The summed E-state index contributed by atoms with van der Waals surface area (Å²) in [5.41, 5.74) is 0.582. The first-order valence-corrected chi connectivity index (χ1v) is 9.22. The monoisotopic (exact) mass is 382 g/mol. The fourth-order valence-corrected chi connectivity index (χ4v) is 3.10. The van der Waals surface area contributed by atoms with Gasteiger partial charge in [0.25, 0.3) is 5.91 Å². The van der Waals surface area contributed by atoms with E-state index in [4.69, 9.17) is 17.0 Å². The van der Waals surface area contributed by atoms with Gasteiger partial charge in [-0.25, -0.2) is 0 Å². The number of nitrogens with zero attached hydrogens (tertiary/aromatic N) is 2. The SMILES string of the molecule is CC(C)n1c(CCNC(=O)c2ccc(Oc3ccccc3)cc2)n[nH]c1=S. The normalized spacial score (nSPS) is 10.8. The van der Waals surface area contributed by atoms with E-state index in [2.05, 4.69) is 15.5 Å². The van der Waals surface area contributed by atoms with Crippen LogP contribution in [0.15, 0.2) is 54.6 Å². The highest BCUT2D eigenvalue weighted by atomic mass is 32.1. The number of nitrogens with one attached hydrogen (secondary N) is 2. The first-order chi connectivity index (χ1) is 13.0. The summed E-state index contributed by atoms with van der Waals surface area (Å²) in [6.07, 6.45) is 0.603. The standard InChI is InChI=1S/C20H22N4O2S/c1-14(2)24-18(22-23-20(24)27)12-13-21-19(25)15-8-10-17(11-9-15)26-16-6-4-3-5-7-16/h3-11,14H,12-13H2,1-2H3,(H,21,25)(H,23,27). The second-order valence-electron chi connectivity index (χ2n) is 6.35. The van der Waals surface area contributed by atoms with Crippen molar-refractivity contribution in [1.82, 2.24) is 20.1 Å². The molecule has 0 radical (unpaired) electrons. The number of ether oxygens (including phenoxy) is 1. The average molecular weight is 382 g/mol. The smallest absolute Gasteiger partial charge is 0.251 e. The fraction of sp³-hybridized carbons (Fsp3) is 0.250. The quantitative estimate of drug-likeness (QED) is 0.598. The van der Waals surface area contributed by atoms with Crippen LogP contribution in [0.5, 0.6) is 11.5 Å². The Morgan fingerprint density at radius 2 is 1.81 bits per heavy atom. The van der Waals surface area contributed by atoms with Crippen molar-refractivity contribution in [3.05, 3.63) is 70.8 Å². The Kier molecular flexibility index (Phi) is 6.03. The lowest BCUT2D eigenvalue weighted by Gasteiger charge is -2.11. The number of carbonyl (C=O) groups excluding carboxylic acids is 1. The van der Waals surface area contributed by atoms with Crippen molar-refractivity contribution >= 4 is 18.1 Å². The summed E-state index contributed by atoms with van der Waals surface area (Å²) in [5.74, 6) is 2.15. The largest absolute Gasteiger partial charge is 0.457 e. The van der Waals surface area contributed by atoms with Crippen LogP contribution in [0, 0.1) is 4.77 Å². The Labute approximate surface area is 163 Å². The molecule has 27 heavy (non-hydrogen) atoms. The Balaban J connectivity index is 1.55. The summed E-state index contributed by atoms with van der Waals surface area (Å²) in [5, 5.41) is 9.95. The molecule has 2 aromatic carbocycles. The predicted octanol–water partition coefficient (Wildman–Crippen LogP) is 4.29. The molecule has 0 saturated heterocycles. The first-order valence-electron chi connectivity index (χ1n) is 8.81. The average Bonchev–Trinajstić information content (AvgIpc) is 3.04. The molecular weight excluding hydrogens is 360 g/mol. The number of para-hydroxylation sites is 1. The molecule has 0 unspecified atom stereocenters. The highest BCUT2D eigenvalue weighted by Crippen LogP contribution is 2.21. The molecule has 0 aliphatic rings. The first kappa shape index (κ1) is 18.8. The van der Waals surface area contributed by atoms with Crippen LogP contribution in [0.25, 0.3) is 0 Å². The minimum atomic E-state index is -0.133. The van der Waals surface area contributed by atoms with Gasteiger partial charge in [-0.3, -0.25) is 9.89 Å². The van der Waals surface area contributed by atoms with Crippen molar-refractivity contribution in [3.63, 3.8) is 0 Å². The lowest BCUT2D eigenvalue weighted by Crippen LogP contribution is -2.26. The van der Waals surface area contributed by atoms with Crippen LogP contribution in [0.3, 0.4) is 0 Å². The molecule has 0 aliphatic heterocycles. The Hall–Kier alpha value is -2.93. The van der Waals surface area contributed by atoms with Crippen LogP contribution in [0.2, 0.25) is 0 Å². The van der Waals surface area contributed by atoms with E-state index in [1.165, 1.54) is 0 Å². The summed E-state index contributed by atoms with van der Waals surface area (Å²) in [7, 11) is 0. The Morgan fingerprint density at radius 1 is 1.15 bits per heavy atom. The second-order valence-corrected chi connectivity index (χ2v) is 6.74. The summed E-state index contributed by atoms with van der Waals surface area (Å²) in [6, 6.07) is 16.8. The molecule has 0 aliphatic carbocycles. The van der Waals surface area contributed by atoms with Crippen molar-refractivity contribution in [2.45, 2.75) is 26.3 Å². The van der Waals surface area contributed by atoms with Crippen LogP contribution >= 0.6 is 12.2 Å². The van der Waals surface area contributed by atoms with Crippen molar-refractivity contribution in [3.8, 4) is 11.5 Å². The summed E-state index contributed by atoms with van der Waals surface area (Å²) in [4.78, 5) is 12.3. The van der Waals surface area contributed by atoms with E-state index in [-0.39, 0.29) is 11.9 Å². The van der Waals surface area contributed by atoms with Crippen LogP contribution in [0.4, 0.5) is 0 Å². The molecule has 0 atom stereocenters. The van der Waals surface area contributed by atoms with Crippen molar-refractivity contribution in [2.75, 3.05) is 6.54 Å². The molecular formula is C20H22N4O2S. The lowest BCUT2D eigenvalue weighted by molar-refractivity contribution is 0.0954. The van der Waals surface area contributed by atoms with Gasteiger partial charge < -0.3 is 14.6 Å². The maximum absolute atomic E-state index is 12.3. The number of aromatic nitrogens is 3. The molecule has 7 heteroatoms. The predicted molar refractivity (Wildman–Crippen MR) is 107 cm³/mol. The number of amides is 1. The van der Waals surface area contributed by atoms with Crippen molar-refractivity contribution in [1.29, 1.82) is 0 Å². The van der Waals surface area contributed by atoms with E-state index in [1.807, 2.05) is 48.7 Å². The van der Waals surface area contributed by atoms with Crippen LogP contribution < -0.4 is 10.1 Å². The maximum atomic E-state index is 12.3. The van der Waals surface area contributed by atoms with Gasteiger partial charge in [-0.05, 0) is 62.5 Å². The minimum Gasteiger partial charge on any atom is -0.457 e. The molecule has 1 aromatic heterocycles. The fourth-order valence-electron chi connectivity index (χ4n) is 2.74. The Bertz CT molecular complexity index is 946. The number of rotatable bonds is 7. The van der Waals surface area contributed by atoms with Crippen molar-refractivity contribution in [2.24, 2.45) is 0 Å². The van der Waals surface area contributed by atoms with Gasteiger partial charge in [0, 0.05) is 24.6 Å². The lowest BCUT2D eigenvalue weighted by atomic mass is 10.2. The van der Waals surface area contributed by atoms with E-state index in [0.29, 0.717) is 29.0 Å². The molecule has 0 fully saturated rings. The highest BCUT2D eigenvalue weighted by Gasteiger charge is 2.10. The van der Waals surface area contributed by atoms with E-state index < -0.39 is 0 Å². The summed E-state index contributed by atoms with van der Waals surface area (Å²) >= 11 is 5.23. The third-order valence-corrected chi connectivity index (χ3v) is 4.31. The molecule has 0 bridgehead atoms. The molecule has 3 rings (SSSR count). The zero-order chi connectivity index (χ0) is 19.2.